The lowest BCUT2D eigenvalue weighted by Gasteiger charge is -2.18. The van der Waals surface area contributed by atoms with E-state index < -0.39 is 0 Å². The molecule has 0 radical (unpaired) electrons. The molecule has 0 aliphatic carbocycles. The Balaban J connectivity index is 2.39. The van der Waals surface area contributed by atoms with Gasteiger partial charge in [0.05, 0.1) is 13.2 Å². The van der Waals surface area contributed by atoms with Crippen molar-refractivity contribution in [1.82, 2.24) is 4.90 Å². The molecule has 0 saturated heterocycles. The first-order valence-electron chi connectivity index (χ1n) is 6.99. The highest BCUT2D eigenvalue weighted by Gasteiger charge is 2.05. The lowest BCUT2D eigenvalue weighted by Crippen LogP contribution is -2.36. The van der Waals surface area contributed by atoms with E-state index in [4.69, 9.17) is 15.6 Å². The maximum absolute atomic E-state index is 10.9. The topological polar surface area (TPSA) is 75.8 Å². The molecule has 0 fully saturated rings. The zero-order valence-electron chi connectivity index (χ0n) is 12.3. The predicted molar refractivity (Wildman–Crippen MR) is 81.8 cm³/mol. The normalized spacial score (nSPS) is 10.0. The first kappa shape index (κ1) is 17.0. The van der Waals surface area contributed by atoms with Crippen molar-refractivity contribution in [1.29, 1.82) is 0 Å². The first-order chi connectivity index (χ1) is 10.2. The number of ether oxygens (including phenoxy) is 1. The molecule has 5 nitrogen and oxygen atoms in total. The number of amides is 1. The molecule has 1 amide bonds. The van der Waals surface area contributed by atoms with Crippen molar-refractivity contribution in [3.8, 4) is 17.6 Å². The van der Waals surface area contributed by atoms with Crippen molar-refractivity contribution in [2.24, 2.45) is 5.73 Å². The van der Waals surface area contributed by atoms with E-state index in [-0.39, 0.29) is 19.1 Å². The standard InChI is InChI=1S/C16H22N2O3/c1-2-18(13-16(17)20)10-12-21-15-8-6-14(7-9-15)5-3-4-11-19/h6-9,19H,2,4,10-13H2,1H3,(H2,17,20). The minimum atomic E-state index is -0.331. The summed E-state index contributed by atoms with van der Waals surface area (Å²) < 4.78 is 5.62. The molecule has 0 saturated carbocycles. The highest BCUT2D eigenvalue weighted by Crippen LogP contribution is 2.11. The van der Waals surface area contributed by atoms with E-state index >= 15 is 0 Å². The van der Waals surface area contributed by atoms with Crippen molar-refractivity contribution in [2.75, 3.05) is 32.8 Å². The van der Waals surface area contributed by atoms with Crippen LogP contribution in [0.25, 0.3) is 0 Å². The van der Waals surface area contributed by atoms with Gasteiger partial charge in [-0.2, -0.15) is 0 Å². The predicted octanol–water partition coefficient (Wildman–Crippen LogP) is 0.607. The largest absolute Gasteiger partial charge is 0.492 e. The Labute approximate surface area is 125 Å². The second-order valence-electron chi connectivity index (χ2n) is 4.48. The molecule has 3 N–H and O–H groups in total. The van der Waals surface area contributed by atoms with E-state index in [0.717, 1.165) is 17.9 Å². The molecular formula is C16H22N2O3. The molecule has 0 spiro atoms. The molecular weight excluding hydrogens is 268 g/mol. The number of nitrogens with zero attached hydrogens (tertiary/aromatic N) is 1. The van der Waals surface area contributed by atoms with Crippen LogP contribution in [0.1, 0.15) is 18.9 Å². The first-order valence-corrected chi connectivity index (χ1v) is 6.99. The highest BCUT2D eigenvalue weighted by molar-refractivity contribution is 5.75. The molecule has 0 aliphatic rings. The zero-order chi connectivity index (χ0) is 15.5. The van der Waals surface area contributed by atoms with E-state index in [2.05, 4.69) is 11.8 Å². The quantitative estimate of drug-likeness (QED) is 0.688. The van der Waals surface area contributed by atoms with Crippen LogP contribution < -0.4 is 10.5 Å². The number of benzene rings is 1. The van der Waals surface area contributed by atoms with Crippen molar-refractivity contribution < 1.29 is 14.6 Å². The molecule has 0 aromatic heterocycles. The summed E-state index contributed by atoms with van der Waals surface area (Å²) in [6.07, 6.45) is 0.477. The molecule has 114 valence electrons. The zero-order valence-corrected chi connectivity index (χ0v) is 12.3. The average Bonchev–Trinajstić information content (AvgIpc) is 2.47. The van der Waals surface area contributed by atoms with E-state index in [0.29, 0.717) is 19.6 Å². The number of primary amides is 1. The van der Waals surface area contributed by atoms with E-state index in [1.165, 1.54) is 0 Å². The second-order valence-corrected chi connectivity index (χ2v) is 4.48. The number of carbonyl (C=O) groups excluding carboxylic acids is 1. The Morgan fingerprint density at radius 3 is 2.67 bits per heavy atom. The van der Waals surface area contributed by atoms with Crippen LogP contribution in [0.3, 0.4) is 0 Å². The van der Waals surface area contributed by atoms with Crippen LogP contribution in [0.5, 0.6) is 5.75 Å². The monoisotopic (exact) mass is 290 g/mol. The number of hydrogen-bond acceptors (Lipinski definition) is 4. The molecule has 0 aliphatic heterocycles. The van der Waals surface area contributed by atoms with Gasteiger partial charge in [0.25, 0.3) is 0 Å². The molecule has 0 unspecified atom stereocenters. The number of aliphatic hydroxyl groups is 1. The smallest absolute Gasteiger partial charge is 0.231 e. The van der Waals surface area contributed by atoms with Gasteiger partial charge in [-0.1, -0.05) is 18.8 Å². The molecule has 5 heteroatoms. The molecule has 1 rings (SSSR count). The van der Waals surface area contributed by atoms with Gasteiger partial charge in [0.1, 0.15) is 12.4 Å². The summed E-state index contributed by atoms with van der Waals surface area (Å²) in [6.45, 7) is 4.20. The number of carbonyl (C=O) groups is 1. The summed E-state index contributed by atoms with van der Waals surface area (Å²) in [5.41, 5.74) is 6.06. The molecule has 0 atom stereocenters. The number of aliphatic hydroxyl groups excluding tert-OH is 1. The highest BCUT2D eigenvalue weighted by atomic mass is 16.5. The molecule has 1 aromatic rings. The Kier molecular flexibility index (Phi) is 7.95. The van der Waals surface area contributed by atoms with Gasteiger partial charge in [0.2, 0.25) is 5.91 Å². The van der Waals surface area contributed by atoms with Crippen LogP contribution in [0.4, 0.5) is 0 Å². The van der Waals surface area contributed by atoms with E-state index in [1.54, 1.807) is 0 Å². The van der Waals surface area contributed by atoms with Gasteiger partial charge >= 0.3 is 0 Å². The van der Waals surface area contributed by atoms with Crippen molar-refractivity contribution >= 4 is 5.91 Å². The third-order valence-corrected chi connectivity index (χ3v) is 2.83. The maximum Gasteiger partial charge on any atom is 0.231 e. The fourth-order valence-corrected chi connectivity index (χ4v) is 1.72. The second kappa shape index (κ2) is 9.81. The van der Waals surface area contributed by atoms with Gasteiger partial charge in [0.15, 0.2) is 0 Å². The van der Waals surface area contributed by atoms with Gasteiger partial charge in [-0.05, 0) is 30.8 Å². The van der Waals surface area contributed by atoms with Crippen LogP contribution in [0, 0.1) is 11.8 Å². The molecule has 1 aromatic carbocycles. The third-order valence-electron chi connectivity index (χ3n) is 2.83. The third kappa shape index (κ3) is 7.35. The Morgan fingerprint density at radius 2 is 2.10 bits per heavy atom. The van der Waals surface area contributed by atoms with Crippen molar-refractivity contribution in [3.63, 3.8) is 0 Å². The van der Waals surface area contributed by atoms with Gasteiger partial charge < -0.3 is 15.6 Å². The fraction of sp³-hybridized carbons (Fsp3) is 0.438. The maximum atomic E-state index is 10.9. The minimum absolute atomic E-state index is 0.0768. The van der Waals surface area contributed by atoms with Crippen LogP contribution in [0.2, 0.25) is 0 Å². The summed E-state index contributed by atoms with van der Waals surface area (Å²) in [5.74, 6) is 6.25. The number of nitrogens with two attached hydrogens (primary N) is 1. The summed E-state index contributed by atoms with van der Waals surface area (Å²) >= 11 is 0. The average molecular weight is 290 g/mol. The SMILES string of the molecule is CCN(CCOc1ccc(C#CCCO)cc1)CC(N)=O. The summed E-state index contributed by atoms with van der Waals surface area (Å²) in [5, 5.41) is 8.65. The number of hydrogen-bond donors (Lipinski definition) is 2. The number of likely N-dealkylation sites (N-methyl/N-ethyl adjacent to an activating group) is 1. The fourth-order valence-electron chi connectivity index (χ4n) is 1.72. The molecule has 21 heavy (non-hydrogen) atoms. The summed E-state index contributed by atoms with van der Waals surface area (Å²) in [7, 11) is 0. The minimum Gasteiger partial charge on any atom is -0.492 e. The number of rotatable bonds is 8. The van der Waals surface area contributed by atoms with Gasteiger partial charge in [-0.25, -0.2) is 0 Å². The Hall–Kier alpha value is -2.03. The lowest BCUT2D eigenvalue weighted by atomic mass is 10.2. The summed E-state index contributed by atoms with van der Waals surface area (Å²) in [4.78, 5) is 12.8. The van der Waals surface area contributed by atoms with Crippen molar-refractivity contribution in [3.05, 3.63) is 29.8 Å². The van der Waals surface area contributed by atoms with Gasteiger partial charge in [0, 0.05) is 18.5 Å². The van der Waals surface area contributed by atoms with Gasteiger partial charge in [-0.15, -0.1) is 0 Å². The van der Waals surface area contributed by atoms with Crippen LogP contribution >= 0.6 is 0 Å². The van der Waals surface area contributed by atoms with Crippen molar-refractivity contribution in [2.45, 2.75) is 13.3 Å². The van der Waals surface area contributed by atoms with E-state index in [9.17, 15) is 4.79 Å². The van der Waals surface area contributed by atoms with Crippen LogP contribution in [-0.2, 0) is 4.79 Å². The van der Waals surface area contributed by atoms with Gasteiger partial charge in [-0.3, -0.25) is 9.69 Å². The van der Waals surface area contributed by atoms with Crippen LogP contribution in [0.15, 0.2) is 24.3 Å². The Morgan fingerprint density at radius 1 is 1.38 bits per heavy atom. The lowest BCUT2D eigenvalue weighted by molar-refractivity contribution is -0.119. The summed E-state index contributed by atoms with van der Waals surface area (Å²) in [6, 6.07) is 7.46. The molecule has 0 bridgehead atoms. The van der Waals surface area contributed by atoms with Crippen LogP contribution in [-0.4, -0.2) is 48.8 Å². The van der Waals surface area contributed by atoms with E-state index in [1.807, 2.05) is 36.1 Å². The molecule has 0 heterocycles. The Bertz CT molecular complexity index is 488.